The third kappa shape index (κ3) is 3.74. The molecule has 2 rings (SSSR count). The van der Waals surface area contributed by atoms with Gasteiger partial charge in [-0.15, -0.1) is 0 Å². The molecular weight excluding hydrogens is 242 g/mol. The zero-order valence-electron chi connectivity index (χ0n) is 11.3. The van der Waals surface area contributed by atoms with Crippen LogP contribution in [0, 0.1) is 13.8 Å². The Labute approximate surface area is 114 Å². The van der Waals surface area contributed by atoms with Gasteiger partial charge < -0.3 is 10.4 Å². The molecule has 0 spiro atoms. The van der Waals surface area contributed by atoms with E-state index in [2.05, 4.69) is 37.4 Å². The number of benzene rings is 1. The molecule has 1 aliphatic rings. The molecule has 2 N–H and O–H groups in total. The Morgan fingerprint density at radius 1 is 1.28 bits per heavy atom. The van der Waals surface area contributed by atoms with Gasteiger partial charge in [-0.2, -0.15) is 11.8 Å². The van der Waals surface area contributed by atoms with Gasteiger partial charge in [-0.05, 0) is 49.3 Å². The molecule has 18 heavy (non-hydrogen) atoms. The van der Waals surface area contributed by atoms with Gasteiger partial charge in [0.15, 0.2) is 0 Å². The minimum absolute atomic E-state index is 0.482. The van der Waals surface area contributed by atoms with Crippen molar-refractivity contribution in [3.63, 3.8) is 0 Å². The van der Waals surface area contributed by atoms with Gasteiger partial charge in [0.1, 0.15) is 0 Å². The fourth-order valence-corrected chi connectivity index (χ4v) is 3.65. The Kier molecular flexibility index (Phi) is 4.71. The van der Waals surface area contributed by atoms with E-state index in [9.17, 15) is 5.11 Å². The van der Waals surface area contributed by atoms with Crippen molar-refractivity contribution < 1.29 is 5.11 Å². The lowest BCUT2D eigenvalue weighted by Crippen LogP contribution is -2.43. The maximum Gasteiger partial charge on any atom is 0.0787 e. The van der Waals surface area contributed by atoms with Gasteiger partial charge in [0.05, 0.1) is 5.60 Å². The molecule has 0 bridgehead atoms. The molecule has 1 aromatic carbocycles. The summed E-state index contributed by atoms with van der Waals surface area (Å²) >= 11 is 1.94. The molecule has 0 aromatic heterocycles. The van der Waals surface area contributed by atoms with Gasteiger partial charge in [0, 0.05) is 13.1 Å². The maximum absolute atomic E-state index is 10.4. The summed E-state index contributed by atoms with van der Waals surface area (Å²) in [6.07, 6.45) is 1.83. The molecule has 1 fully saturated rings. The van der Waals surface area contributed by atoms with E-state index in [-0.39, 0.29) is 0 Å². The number of aryl methyl sites for hydroxylation is 2. The van der Waals surface area contributed by atoms with E-state index in [0.717, 1.165) is 30.9 Å². The molecule has 0 aliphatic carbocycles. The summed E-state index contributed by atoms with van der Waals surface area (Å²) in [7, 11) is 0. The molecule has 100 valence electrons. The number of hydrogen-bond acceptors (Lipinski definition) is 3. The summed E-state index contributed by atoms with van der Waals surface area (Å²) in [5.41, 5.74) is 3.48. The van der Waals surface area contributed by atoms with Crippen molar-refractivity contribution in [2.45, 2.75) is 38.8 Å². The Morgan fingerprint density at radius 2 is 2.00 bits per heavy atom. The van der Waals surface area contributed by atoms with Crippen LogP contribution < -0.4 is 5.32 Å². The third-order valence-electron chi connectivity index (χ3n) is 3.69. The Hall–Kier alpha value is -0.510. The predicted molar refractivity (Wildman–Crippen MR) is 79.1 cm³/mol. The Balaban J connectivity index is 1.84. The molecule has 0 saturated carbocycles. The molecule has 0 atom stereocenters. The first-order valence-electron chi connectivity index (χ1n) is 6.66. The van der Waals surface area contributed by atoms with Crippen molar-refractivity contribution in [3.05, 3.63) is 34.9 Å². The van der Waals surface area contributed by atoms with Crippen molar-refractivity contribution in [2.24, 2.45) is 0 Å². The smallest absolute Gasteiger partial charge is 0.0787 e. The summed E-state index contributed by atoms with van der Waals surface area (Å²) in [4.78, 5) is 0. The average Bonchev–Trinajstić information content (AvgIpc) is 2.33. The first-order valence-corrected chi connectivity index (χ1v) is 7.82. The second-order valence-electron chi connectivity index (χ2n) is 5.37. The van der Waals surface area contributed by atoms with Crippen LogP contribution in [-0.2, 0) is 6.54 Å². The van der Waals surface area contributed by atoms with E-state index >= 15 is 0 Å². The van der Waals surface area contributed by atoms with Crippen LogP contribution in [-0.4, -0.2) is 28.8 Å². The van der Waals surface area contributed by atoms with E-state index in [1.807, 2.05) is 11.8 Å². The molecule has 0 radical (unpaired) electrons. The minimum Gasteiger partial charge on any atom is -0.389 e. The molecule has 3 heteroatoms. The van der Waals surface area contributed by atoms with Gasteiger partial charge in [-0.3, -0.25) is 0 Å². The van der Waals surface area contributed by atoms with Gasteiger partial charge in [-0.25, -0.2) is 0 Å². The largest absolute Gasteiger partial charge is 0.389 e. The van der Waals surface area contributed by atoms with Crippen LogP contribution in [0.15, 0.2) is 18.2 Å². The topological polar surface area (TPSA) is 32.3 Å². The number of nitrogens with one attached hydrogen (secondary N) is 1. The molecular formula is C15H23NOS. The van der Waals surface area contributed by atoms with Crippen molar-refractivity contribution in [1.29, 1.82) is 0 Å². The first-order chi connectivity index (χ1) is 8.59. The van der Waals surface area contributed by atoms with E-state index in [4.69, 9.17) is 0 Å². The van der Waals surface area contributed by atoms with E-state index in [1.54, 1.807) is 0 Å². The highest BCUT2D eigenvalue weighted by atomic mass is 32.2. The highest BCUT2D eigenvalue weighted by Gasteiger charge is 2.28. The number of rotatable bonds is 4. The number of aliphatic hydroxyl groups is 1. The quantitative estimate of drug-likeness (QED) is 0.878. The normalized spacial score (nSPS) is 18.8. The minimum atomic E-state index is -0.482. The summed E-state index contributed by atoms with van der Waals surface area (Å²) in [6.45, 7) is 5.82. The lowest BCUT2D eigenvalue weighted by Gasteiger charge is -2.32. The lowest BCUT2D eigenvalue weighted by atomic mass is 9.96. The summed E-state index contributed by atoms with van der Waals surface area (Å²) in [6, 6.07) is 6.54. The second-order valence-corrected chi connectivity index (χ2v) is 6.59. The zero-order valence-corrected chi connectivity index (χ0v) is 12.1. The van der Waals surface area contributed by atoms with Crippen molar-refractivity contribution in [3.8, 4) is 0 Å². The summed E-state index contributed by atoms with van der Waals surface area (Å²) in [5, 5.41) is 13.8. The van der Waals surface area contributed by atoms with Crippen LogP contribution in [0.1, 0.15) is 29.5 Å². The second kappa shape index (κ2) is 6.09. The Morgan fingerprint density at radius 3 is 2.67 bits per heavy atom. The zero-order chi connectivity index (χ0) is 13.0. The van der Waals surface area contributed by atoms with Crippen LogP contribution >= 0.6 is 11.8 Å². The monoisotopic (exact) mass is 265 g/mol. The fourth-order valence-electron chi connectivity index (χ4n) is 2.40. The van der Waals surface area contributed by atoms with Crippen LogP contribution in [0.4, 0.5) is 0 Å². The average molecular weight is 265 g/mol. The van der Waals surface area contributed by atoms with E-state index < -0.39 is 5.60 Å². The summed E-state index contributed by atoms with van der Waals surface area (Å²) < 4.78 is 0. The molecule has 1 aromatic rings. The molecule has 1 aliphatic heterocycles. The predicted octanol–water partition coefficient (Wildman–Crippen LogP) is 2.65. The molecule has 0 amide bonds. The van der Waals surface area contributed by atoms with Crippen LogP contribution in [0.3, 0.4) is 0 Å². The van der Waals surface area contributed by atoms with Crippen LogP contribution in [0.2, 0.25) is 0 Å². The van der Waals surface area contributed by atoms with Crippen LogP contribution in [0.25, 0.3) is 0 Å². The van der Waals surface area contributed by atoms with Crippen LogP contribution in [0.5, 0.6) is 0 Å². The first kappa shape index (κ1) is 13.9. The van der Waals surface area contributed by atoms with E-state index in [1.165, 1.54) is 16.7 Å². The van der Waals surface area contributed by atoms with Gasteiger partial charge in [-0.1, -0.05) is 23.8 Å². The van der Waals surface area contributed by atoms with Gasteiger partial charge in [0.25, 0.3) is 0 Å². The SMILES string of the molecule is Cc1ccc(CNCC2(O)CCSCC2)c(C)c1. The van der Waals surface area contributed by atoms with Gasteiger partial charge >= 0.3 is 0 Å². The highest BCUT2D eigenvalue weighted by Crippen LogP contribution is 2.26. The highest BCUT2D eigenvalue weighted by molar-refractivity contribution is 7.99. The van der Waals surface area contributed by atoms with E-state index in [0.29, 0.717) is 6.54 Å². The maximum atomic E-state index is 10.4. The molecule has 0 unspecified atom stereocenters. The Bertz CT molecular complexity index is 399. The van der Waals surface area contributed by atoms with Gasteiger partial charge in [0.2, 0.25) is 0 Å². The molecule has 1 saturated heterocycles. The molecule has 1 heterocycles. The third-order valence-corrected chi connectivity index (χ3v) is 4.68. The standard InChI is InChI=1S/C15H23NOS/c1-12-3-4-14(13(2)9-12)10-16-11-15(17)5-7-18-8-6-15/h3-4,9,16-17H,5-8,10-11H2,1-2H3. The molecule has 2 nitrogen and oxygen atoms in total. The summed E-state index contributed by atoms with van der Waals surface area (Å²) in [5.74, 6) is 2.17. The van der Waals surface area contributed by atoms with Crippen molar-refractivity contribution in [2.75, 3.05) is 18.1 Å². The number of thioether (sulfide) groups is 1. The lowest BCUT2D eigenvalue weighted by molar-refractivity contribution is 0.0320. The number of hydrogen-bond donors (Lipinski definition) is 2. The van der Waals surface area contributed by atoms with Crippen molar-refractivity contribution in [1.82, 2.24) is 5.32 Å². The van der Waals surface area contributed by atoms with Crippen molar-refractivity contribution >= 4 is 11.8 Å². The fraction of sp³-hybridized carbons (Fsp3) is 0.600.